The number of hydrogen-bond donors (Lipinski definition) is 2. The maximum Gasteiger partial charge on any atom is 0.0410 e. The van der Waals surface area contributed by atoms with E-state index in [0.717, 1.165) is 40.3 Å². The lowest BCUT2D eigenvalue weighted by Crippen LogP contribution is -2.21. The molecular weight excluding hydrogens is 408 g/mol. The largest absolute Gasteiger partial charge is 0.388 e. The van der Waals surface area contributed by atoms with Crippen molar-refractivity contribution >= 4 is 45.0 Å². The smallest absolute Gasteiger partial charge is 0.0410 e. The summed E-state index contributed by atoms with van der Waals surface area (Å²) < 4.78 is 1.10. The van der Waals surface area contributed by atoms with Crippen LogP contribution in [0.5, 0.6) is 0 Å². The van der Waals surface area contributed by atoms with Gasteiger partial charge in [0.2, 0.25) is 0 Å². The minimum Gasteiger partial charge on any atom is -0.388 e. The first-order valence-corrected chi connectivity index (χ1v) is 10.3. The summed E-state index contributed by atoms with van der Waals surface area (Å²) in [5.74, 6) is 0. The van der Waals surface area contributed by atoms with Crippen molar-refractivity contribution < 1.29 is 0 Å². The van der Waals surface area contributed by atoms with Crippen LogP contribution < -0.4 is 10.6 Å². The minimum atomic E-state index is 0.0237. The van der Waals surface area contributed by atoms with Crippen LogP contribution in [-0.4, -0.2) is 13.6 Å². The van der Waals surface area contributed by atoms with Gasteiger partial charge in [-0.05, 0) is 66.6 Å². The van der Waals surface area contributed by atoms with Crippen molar-refractivity contribution in [3.8, 4) is 0 Å². The Kier molecular flexibility index (Phi) is 7.60. The summed E-state index contributed by atoms with van der Waals surface area (Å²) in [5, 5.41) is 7.41. The van der Waals surface area contributed by atoms with Gasteiger partial charge in [0.15, 0.2) is 0 Å². The third kappa shape index (κ3) is 5.05. The Bertz CT molecular complexity index is 773. The van der Waals surface area contributed by atoms with Crippen molar-refractivity contribution in [1.29, 1.82) is 0 Å². The maximum absolute atomic E-state index is 6.27. The summed E-state index contributed by atoms with van der Waals surface area (Å²) in [6, 6.07) is 12.5. The lowest BCUT2D eigenvalue weighted by molar-refractivity contribution is 0.463. The van der Waals surface area contributed by atoms with Crippen LogP contribution in [0.3, 0.4) is 0 Å². The second kappa shape index (κ2) is 9.48. The zero-order chi connectivity index (χ0) is 19.2. The summed E-state index contributed by atoms with van der Waals surface area (Å²) in [5.41, 5.74) is 4.75. The van der Waals surface area contributed by atoms with Crippen LogP contribution in [0.25, 0.3) is 6.08 Å². The fourth-order valence-electron chi connectivity index (χ4n) is 3.10. The van der Waals surface area contributed by atoms with Crippen molar-refractivity contribution in [1.82, 2.24) is 0 Å². The van der Waals surface area contributed by atoms with Gasteiger partial charge in [0.05, 0.1) is 0 Å². The molecule has 0 saturated heterocycles. The standard InChI is InChI=1S/C22H28BrClN2/c1-5-22(3,19-14-17(24)10-12-21(19)25-4)13-7-8-16-9-11-18(26-6-2)15-20(16)23/h7-12,14-15,25-26H,5-6,13H2,1-4H3/b8-7+. The molecule has 2 aromatic rings. The Balaban J connectivity index is 2.23. The molecular formula is C22H28BrClN2. The fraction of sp³-hybridized carbons (Fsp3) is 0.364. The number of anilines is 2. The van der Waals surface area contributed by atoms with Crippen LogP contribution in [0.2, 0.25) is 5.02 Å². The number of rotatable bonds is 8. The van der Waals surface area contributed by atoms with Crippen LogP contribution in [0.15, 0.2) is 46.9 Å². The van der Waals surface area contributed by atoms with Crippen molar-refractivity contribution in [2.24, 2.45) is 0 Å². The van der Waals surface area contributed by atoms with E-state index in [2.05, 4.69) is 89.8 Å². The summed E-state index contributed by atoms with van der Waals surface area (Å²) >= 11 is 9.94. The molecule has 4 heteroatoms. The van der Waals surface area contributed by atoms with Gasteiger partial charge in [-0.25, -0.2) is 0 Å². The van der Waals surface area contributed by atoms with Gasteiger partial charge in [0.25, 0.3) is 0 Å². The maximum atomic E-state index is 6.27. The summed E-state index contributed by atoms with van der Waals surface area (Å²) in [6.45, 7) is 7.55. The number of hydrogen-bond acceptors (Lipinski definition) is 2. The van der Waals surface area contributed by atoms with E-state index in [-0.39, 0.29) is 5.41 Å². The quantitative estimate of drug-likeness (QED) is 0.453. The van der Waals surface area contributed by atoms with Crippen LogP contribution in [0.1, 0.15) is 44.7 Å². The van der Waals surface area contributed by atoms with Crippen molar-refractivity contribution in [2.75, 3.05) is 24.2 Å². The van der Waals surface area contributed by atoms with Crippen molar-refractivity contribution in [3.05, 3.63) is 63.1 Å². The predicted molar refractivity (Wildman–Crippen MR) is 121 cm³/mol. The van der Waals surface area contributed by atoms with Gasteiger partial charge in [0.1, 0.15) is 0 Å². The van der Waals surface area contributed by atoms with Gasteiger partial charge < -0.3 is 10.6 Å². The average molecular weight is 436 g/mol. The average Bonchev–Trinajstić information content (AvgIpc) is 2.63. The van der Waals surface area contributed by atoms with Crippen LogP contribution in [0, 0.1) is 0 Å². The molecule has 1 unspecified atom stereocenters. The Hall–Kier alpha value is -1.45. The molecule has 0 bridgehead atoms. The Morgan fingerprint density at radius 1 is 1.15 bits per heavy atom. The summed E-state index contributed by atoms with van der Waals surface area (Å²) in [6.07, 6.45) is 6.43. The van der Waals surface area contributed by atoms with E-state index in [4.69, 9.17) is 11.6 Å². The molecule has 0 amide bonds. The van der Waals surface area contributed by atoms with E-state index >= 15 is 0 Å². The van der Waals surface area contributed by atoms with E-state index in [0.29, 0.717) is 0 Å². The molecule has 0 fully saturated rings. The first kappa shape index (κ1) is 20.9. The number of benzene rings is 2. The van der Waals surface area contributed by atoms with E-state index in [1.165, 1.54) is 11.1 Å². The second-order valence-electron chi connectivity index (χ2n) is 6.73. The van der Waals surface area contributed by atoms with Crippen LogP contribution in [-0.2, 0) is 5.41 Å². The Labute approximate surface area is 171 Å². The highest BCUT2D eigenvalue weighted by Gasteiger charge is 2.26. The molecule has 2 nitrogen and oxygen atoms in total. The number of halogens is 2. The van der Waals surface area contributed by atoms with Crippen LogP contribution >= 0.6 is 27.5 Å². The molecule has 0 aromatic heterocycles. The number of allylic oxidation sites excluding steroid dienone is 1. The van der Waals surface area contributed by atoms with Crippen LogP contribution in [0.4, 0.5) is 11.4 Å². The lowest BCUT2D eigenvalue weighted by atomic mass is 9.76. The zero-order valence-electron chi connectivity index (χ0n) is 16.0. The van der Waals surface area contributed by atoms with Crippen molar-refractivity contribution in [3.63, 3.8) is 0 Å². The molecule has 0 radical (unpaired) electrons. The monoisotopic (exact) mass is 434 g/mol. The summed E-state index contributed by atoms with van der Waals surface area (Å²) in [4.78, 5) is 0. The third-order valence-corrected chi connectivity index (χ3v) is 5.85. The highest BCUT2D eigenvalue weighted by Crippen LogP contribution is 2.38. The minimum absolute atomic E-state index is 0.0237. The van der Waals surface area contributed by atoms with Gasteiger partial charge in [-0.3, -0.25) is 0 Å². The molecule has 0 aliphatic heterocycles. The summed E-state index contributed by atoms with van der Waals surface area (Å²) in [7, 11) is 1.96. The highest BCUT2D eigenvalue weighted by atomic mass is 79.9. The van der Waals surface area contributed by atoms with E-state index in [1.807, 2.05) is 13.1 Å². The highest BCUT2D eigenvalue weighted by molar-refractivity contribution is 9.10. The molecule has 2 N–H and O–H groups in total. The second-order valence-corrected chi connectivity index (χ2v) is 8.02. The molecule has 2 rings (SSSR count). The molecule has 1 atom stereocenters. The van der Waals surface area contributed by atoms with Gasteiger partial charge in [-0.2, -0.15) is 0 Å². The zero-order valence-corrected chi connectivity index (χ0v) is 18.3. The number of nitrogens with one attached hydrogen (secondary N) is 2. The molecule has 0 aliphatic rings. The molecule has 2 aromatic carbocycles. The van der Waals surface area contributed by atoms with Gasteiger partial charge in [0, 0.05) is 34.5 Å². The molecule has 26 heavy (non-hydrogen) atoms. The molecule has 0 heterocycles. The fourth-order valence-corrected chi connectivity index (χ4v) is 3.78. The first-order valence-electron chi connectivity index (χ1n) is 9.11. The molecule has 0 spiro atoms. The lowest BCUT2D eigenvalue weighted by Gasteiger charge is -2.30. The van der Waals surface area contributed by atoms with Gasteiger partial charge in [-0.1, -0.05) is 59.6 Å². The SMILES string of the molecule is CCNc1ccc(/C=C/CC(C)(CC)c2cc(Cl)ccc2NC)c(Br)c1. The molecule has 0 aliphatic carbocycles. The predicted octanol–water partition coefficient (Wildman–Crippen LogP) is 7.35. The van der Waals surface area contributed by atoms with E-state index < -0.39 is 0 Å². The normalized spacial score (nSPS) is 13.6. The molecule has 140 valence electrons. The van der Waals surface area contributed by atoms with E-state index in [1.54, 1.807) is 0 Å². The topological polar surface area (TPSA) is 24.1 Å². The molecule has 0 saturated carbocycles. The van der Waals surface area contributed by atoms with E-state index in [9.17, 15) is 0 Å². The Morgan fingerprint density at radius 2 is 1.92 bits per heavy atom. The van der Waals surface area contributed by atoms with Crippen molar-refractivity contribution in [2.45, 2.75) is 39.0 Å². The van der Waals surface area contributed by atoms with Gasteiger partial charge in [-0.15, -0.1) is 0 Å². The van der Waals surface area contributed by atoms with Gasteiger partial charge >= 0.3 is 0 Å². The Morgan fingerprint density at radius 3 is 2.54 bits per heavy atom. The third-order valence-electron chi connectivity index (χ3n) is 4.93. The first-order chi connectivity index (χ1) is 12.4.